The zero-order valence-electron chi connectivity index (χ0n) is 21.2. The van der Waals surface area contributed by atoms with Crippen molar-refractivity contribution in [2.75, 3.05) is 31.7 Å². The van der Waals surface area contributed by atoms with E-state index < -0.39 is 16.3 Å². The third-order valence-electron chi connectivity index (χ3n) is 7.39. The Hall–Kier alpha value is -3.34. The van der Waals surface area contributed by atoms with Crippen molar-refractivity contribution < 1.29 is 31.5 Å². The largest absolute Gasteiger partial charge is 0.488 e. The number of rotatable bonds is 6. The van der Waals surface area contributed by atoms with Crippen molar-refractivity contribution >= 4 is 26.6 Å². The third kappa shape index (κ3) is 5.16. The number of hydrogen-bond acceptors (Lipinski definition) is 7. The van der Waals surface area contributed by atoms with Crippen LogP contribution in [0.2, 0.25) is 0 Å². The minimum absolute atomic E-state index is 0.00504. The highest BCUT2D eigenvalue weighted by molar-refractivity contribution is 7.91. The smallest absolute Gasteiger partial charge is 0.269 e. The summed E-state index contributed by atoms with van der Waals surface area (Å²) in [5.74, 6) is 0.376. The molecule has 38 heavy (non-hydrogen) atoms. The Kier molecular flexibility index (Phi) is 7.21. The molecule has 0 saturated carbocycles. The van der Waals surface area contributed by atoms with Gasteiger partial charge >= 0.3 is 0 Å². The van der Waals surface area contributed by atoms with Gasteiger partial charge < -0.3 is 14.4 Å². The average molecular weight is 546 g/mol. The second kappa shape index (κ2) is 10.4. The highest BCUT2D eigenvalue weighted by Crippen LogP contribution is 2.38. The number of fused-ring (bicyclic) bond motifs is 1. The van der Waals surface area contributed by atoms with Gasteiger partial charge in [-0.25, -0.2) is 22.2 Å². The van der Waals surface area contributed by atoms with E-state index in [1.807, 2.05) is 19.1 Å². The summed E-state index contributed by atoms with van der Waals surface area (Å²) in [6, 6.07) is 6.81. The van der Waals surface area contributed by atoms with E-state index in [-0.39, 0.29) is 40.9 Å². The molecule has 0 bridgehead atoms. The zero-order chi connectivity index (χ0) is 27.0. The molecule has 1 amide bonds. The van der Waals surface area contributed by atoms with Crippen LogP contribution in [-0.4, -0.2) is 67.0 Å². The summed E-state index contributed by atoms with van der Waals surface area (Å²) in [4.78, 5) is 23.3. The van der Waals surface area contributed by atoms with E-state index in [4.69, 9.17) is 9.47 Å². The molecule has 2 aromatic heterocycles. The monoisotopic (exact) mass is 545 g/mol. The summed E-state index contributed by atoms with van der Waals surface area (Å²) in [5.41, 5.74) is 2.43. The lowest BCUT2D eigenvalue weighted by Crippen LogP contribution is -2.39. The van der Waals surface area contributed by atoms with Gasteiger partial charge in [0.25, 0.3) is 6.43 Å². The molecule has 4 heterocycles. The lowest BCUT2D eigenvalue weighted by Gasteiger charge is -2.26. The van der Waals surface area contributed by atoms with Crippen LogP contribution in [0.3, 0.4) is 0 Å². The molecular formula is C27H29F2N3O5S. The van der Waals surface area contributed by atoms with E-state index in [0.717, 1.165) is 10.9 Å². The average Bonchev–Trinajstić information content (AvgIpc) is 3.38. The van der Waals surface area contributed by atoms with Gasteiger partial charge in [0.05, 0.1) is 36.2 Å². The Morgan fingerprint density at radius 1 is 1.13 bits per heavy atom. The first-order valence-electron chi connectivity index (χ1n) is 12.5. The third-order valence-corrected chi connectivity index (χ3v) is 9.11. The van der Waals surface area contributed by atoms with Crippen molar-refractivity contribution in [3.05, 3.63) is 47.8 Å². The number of alkyl halides is 2. The number of hydrogen-bond donors (Lipinski definition) is 0. The quantitative estimate of drug-likeness (QED) is 0.454. The van der Waals surface area contributed by atoms with Gasteiger partial charge in [-0.3, -0.25) is 9.78 Å². The number of carbonyl (C=O) groups is 1. The molecule has 1 aromatic carbocycles. The molecular weight excluding hydrogens is 516 g/mol. The van der Waals surface area contributed by atoms with E-state index in [1.54, 1.807) is 17.2 Å². The van der Waals surface area contributed by atoms with Crippen molar-refractivity contribution in [3.8, 4) is 22.8 Å². The number of likely N-dealkylation sites (tertiary alicyclic amines) is 1. The molecule has 8 nitrogen and oxygen atoms in total. The number of pyridine rings is 2. The summed E-state index contributed by atoms with van der Waals surface area (Å²) >= 11 is 0. The number of amides is 1. The van der Waals surface area contributed by atoms with Gasteiger partial charge in [-0.2, -0.15) is 0 Å². The number of benzene rings is 1. The first kappa shape index (κ1) is 26.3. The van der Waals surface area contributed by atoms with Crippen molar-refractivity contribution in [2.45, 2.75) is 38.7 Å². The van der Waals surface area contributed by atoms with E-state index in [0.29, 0.717) is 54.7 Å². The Morgan fingerprint density at radius 2 is 1.89 bits per heavy atom. The minimum Gasteiger partial charge on any atom is -0.488 e. The minimum atomic E-state index is -3.03. The van der Waals surface area contributed by atoms with Gasteiger partial charge in [0, 0.05) is 47.8 Å². The fourth-order valence-corrected chi connectivity index (χ4v) is 6.80. The molecule has 3 aromatic rings. The van der Waals surface area contributed by atoms with Gasteiger partial charge in [0.15, 0.2) is 0 Å². The highest BCUT2D eigenvalue weighted by atomic mass is 32.2. The van der Waals surface area contributed by atoms with Crippen LogP contribution in [0, 0.1) is 12.8 Å². The molecule has 5 rings (SSSR count). The van der Waals surface area contributed by atoms with Gasteiger partial charge in [0.2, 0.25) is 11.8 Å². The number of ether oxygens (including phenoxy) is 2. The number of carbonyl (C=O) groups excluding carboxylic acids is 1. The number of halogens is 2. The number of methoxy groups -OCH3 is 1. The molecule has 0 N–H and O–H groups in total. The summed E-state index contributed by atoms with van der Waals surface area (Å²) < 4.78 is 62.0. The molecule has 2 saturated heterocycles. The van der Waals surface area contributed by atoms with Gasteiger partial charge in [0.1, 0.15) is 21.7 Å². The molecule has 0 spiro atoms. The fourth-order valence-electron chi connectivity index (χ4n) is 5.31. The highest BCUT2D eigenvalue weighted by Gasteiger charge is 2.35. The van der Waals surface area contributed by atoms with Crippen LogP contribution in [0.15, 0.2) is 36.7 Å². The van der Waals surface area contributed by atoms with Gasteiger partial charge in [-0.1, -0.05) is 0 Å². The molecule has 2 fully saturated rings. The fraction of sp³-hybridized carbons (Fsp3) is 0.444. The Labute approximate surface area is 219 Å². The maximum atomic E-state index is 13.6. The van der Waals surface area contributed by atoms with Crippen LogP contribution in [0.4, 0.5) is 8.78 Å². The predicted octanol–water partition coefficient (Wildman–Crippen LogP) is 4.36. The lowest BCUT2D eigenvalue weighted by molar-refractivity contribution is -0.135. The standard InChI is InChI=1S/C27H29F2N3O5S/c1-16-23(37-19-6-10-32(15-19)27(33)17-7-11-38(34,35)12-8-17)4-3-22-24(16)20(5-9-30-22)18-13-21(25(28)29)26(36-2)31-14-18/h3-5,9,13-14,17,19,25H,6-8,10-12,15H2,1-2H3/t19-/m0/s1. The SMILES string of the molecule is COc1ncc(-c2ccnc3ccc(O[C@H]4CCN(C(=O)C5CCS(=O)(=O)CC5)C4)c(C)c23)cc1C(F)F. The number of nitrogens with zero attached hydrogens (tertiary/aromatic N) is 3. The second-order valence-corrected chi connectivity index (χ2v) is 12.1. The van der Waals surface area contributed by atoms with Crippen molar-refractivity contribution in [2.24, 2.45) is 5.92 Å². The second-order valence-electron chi connectivity index (χ2n) is 9.80. The van der Waals surface area contributed by atoms with Gasteiger partial charge in [-0.05, 0) is 49.6 Å². The topological polar surface area (TPSA) is 98.7 Å². The summed E-state index contributed by atoms with van der Waals surface area (Å²) in [6.07, 6.45) is 1.58. The summed E-state index contributed by atoms with van der Waals surface area (Å²) in [6.45, 7) is 2.88. The van der Waals surface area contributed by atoms with Crippen molar-refractivity contribution in [1.82, 2.24) is 14.9 Å². The van der Waals surface area contributed by atoms with E-state index in [9.17, 15) is 22.0 Å². The molecule has 0 unspecified atom stereocenters. The molecule has 2 aliphatic heterocycles. The molecule has 202 valence electrons. The summed E-state index contributed by atoms with van der Waals surface area (Å²) in [7, 11) is -1.72. The van der Waals surface area contributed by atoms with Crippen LogP contribution < -0.4 is 9.47 Å². The van der Waals surface area contributed by atoms with Crippen LogP contribution in [0.1, 0.15) is 36.8 Å². The maximum absolute atomic E-state index is 13.6. The summed E-state index contributed by atoms with van der Waals surface area (Å²) in [5, 5.41) is 0.770. The molecule has 0 aliphatic carbocycles. The van der Waals surface area contributed by atoms with Crippen LogP contribution >= 0.6 is 0 Å². The molecule has 1 atom stereocenters. The molecule has 2 aliphatic rings. The maximum Gasteiger partial charge on any atom is 0.269 e. The Morgan fingerprint density at radius 3 is 2.61 bits per heavy atom. The van der Waals surface area contributed by atoms with E-state index in [1.165, 1.54) is 19.4 Å². The van der Waals surface area contributed by atoms with Crippen molar-refractivity contribution in [3.63, 3.8) is 0 Å². The Bertz CT molecular complexity index is 1470. The Balaban J connectivity index is 1.37. The first-order valence-corrected chi connectivity index (χ1v) is 14.4. The predicted molar refractivity (Wildman–Crippen MR) is 138 cm³/mol. The van der Waals surface area contributed by atoms with Crippen molar-refractivity contribution in [1.29, 1.82) is 0 Å². The van der Waals surface area contributed by atoms with Crippen LogP contribution in [-0.2, 0) is 14.6 Å². The lowest BCUT2D eigenvalue weighted by atomic mass is 9.97. The van der Waals surface area contributed by atoms with Crippen LogP contribution in [0.5, 0.6) is 11.6 Å². The molecule has 0 radical (unpaired) electrons. The molecule has 11 heteroatoms. The number of aryl methyl sites for hydroxylation is 1. The normalized spacial score (nSPS) is 19.7. The van der Waals surface area contributed by atoms with E-state index in [2.05, 4.69) is 9.97 Å². The number of sulfone groups is 1. The zero-order valence-corrected chi connectivity index (χ0v) is 22.0. The van der Waals surface area contributed by atoms with Crippen LogP contribution in [0.25, 0.3) is 22.0 Å². The number of aromatic nitrogens is 2. The van der Waals surface area contributed by atoms with E-state index >= 15 is 0 Å². The van der Waals surface area contributed by atoms with Gasteiger partial charge in [-0.15, -0.1) is 0 Å². The first-order chi connectivity index (χ1) is 18.2.